The molecule has 0 fully saturated rings. The zero-order valence-electron chi connectivity index (χ0n) is 13.7. The predicted molar refractivity (Wildman–Crippen MR) is 88.4 cm³/mol. The van der Waals surface area contributed by atoms with E-state index in [1.165, 1.54) is 0 Å². The van der Waals surface area contributed by atoms with Crippen LogP contribution in [0.4, 0.5) is 0 Å². The summed E-state index contributed by atoms with van der Waals surface area (Å²) in [4.78, 5) is 20.8. The Hall–Kier alpha value is -3.09. The van der Waals surface area contributed by atoms with Gasteiger partial charge in [-0.2, -0.15) is 0 Å². The van der Waals surface area contributed by atoms with Crippen LogP contribution < -0.4 is 14.8 Å². The van der Waals surface area contributed by atoms with E-state index < -0.39 is 0 Å². The highest BCUT2D eigenvalue weighted by atomic mass is 16.5. The number of nitrogens with one attached hydrogen (secondary N) is 1. The van der Waals surface area contributed by atoms with E-state index in [0.717, 1.165) is 16.8 Å². The fourth-order valence-electron chi connectivity index (χ4n) is 2.41. The van der Waals surface area contributed by atoms with Crippen molar-refractivity contribution in [2.75, 3.05) is 14.2 Å². The molecular formula is C17H18N4O3. The molecule has 124 valence electrons. The Labute approximate surface area is 139 Å². The number of nitrogens with zero attached hydrogens (tertiary/aromatic N) is 3. The molecule has 1 amide bonds. The second-order valence-electron chi connectivity index (χ2n) is 5.27. The van der Waals surface area contributed by atoms with E-state index in [2.05, 4.69) is 15.3 Å². The van der Waals surface area contributed by atoms with Gasteiger partial charge in [-0.15, -0.1) is 0 Å². The largest absolute Gasteiger partial charge is 0.497 e. The van der Waals surface area contributed by atoms with Crippen molar-refractivity contribution in [3.05, 3.63) is 53.9 Å². The average Bonchev–Trinajstić information content (AvgIpc) is 3.02. The van der Waals surface area contributed by atoms with Crippen LogP contribution in [-0.2, 0) is 6.54 Å². The van der Waals surface area contributed by atoms with Gasteiger partial charge in [0.2, 0.25) is 5.82 Å². The van der Waals surface area contributed by atoms with Crippen molar-refractivity contribution in [2.24, 2.45) is 0 Å². The summed E-state index contributed by atoms with van der Waals surface area (Å²) in [5, 5.41) is 2.86. The molecule has 2 heterocycles. The molecule has 0 radical (unpaired) electrons. The van der Waals surface area contributed by atoms with Gasteiger partial charge in [0.05, 0.1) is 37.8 Å². The van der Waals surface area contributed by atoms with E-state index in [1.807, 2.05) is 19.1 Å². The van der Waals surface area contributed by atoms with Gasteiger partial charge in [-0.25, -0.2) is 4.98 Å². The standard InChI is InChI=1S/C17H18N4O3/c1-11-10-21-13(8-18-11)9-19-16(21)17(22)20-7-12-4-5-14(23-2)6-15(12)24-3/h4-6,8-10H,7H2,1-3H3,(H,20,22). The Balaban J connectivity index is 1.79. The van der Waals surface area contributed by atoms with Gasteiger partial charge in [0.1, 0.15) is 11.5 Å². The van der Waals surface area contributed by atoms with Gasteiger partial charge in [-0.3, -0.25) is 14.2 Å². The summed E-state index contributed by atoms with van der Waals surface area (Å²) in [7, 11) is 3.18. The first-order valence-electron chi connectivity index (χ1n) is 7.41. The lowest BCUT2D eigenvalue weighted by Crippen LogP contribution is -2.25. The maximum Gasteiger partial charge on any atom is 0.287 e. The van der Waals surface area contributed by atoms with Gasteiger partial charge >= 0.3 is 0 Å². The van der Waals surface area contributed by atoms with Gasteiger partial charge in [-0.05, 0) is 19.1 Å². The third kappa shape index (κ3) is 3.01. The molecule has 0 unspecified atom stereocenters. The number of carbonyl (C=O) groups excluding carboxylic acids is 1. The summed E-state index contributed by atoms with van der Waals surface area (Å²) in [6.45, 7) is 2.19. The first-order chi connectivity index (χ1) is 11.6. The second kappa shape index (κ2) is 6.57. The molecule has 24 heavy (non-hydrogen) atoms. The Morgan fingerprint density at radius 1 is 1.21 bits per heavy atom. The Morgan fingerprint density at radius 3 is 2.75 bits per heavy atom. The molecule has 0 atom stereocenters. The number of fused-ring (bicyclic) bond motifs is 1. The molecule has 3 rings (SSSR count). The predicted octanol–water partition coefficient (Wildman–Crippen LogP) is 1.98. The number of methoxy groups -OCH3 is 2. The minimum absolute atomic E-state index is 0.265. The Kier molecular flexibility index (Phi) is 4.33. The van der Waals surface area contributed by atoms with Crippen molar-refractivity contribution in [3.8, 4) is 11.5 Å². The molecule has 1 aromatic carbocycles. The molecule has 0 aliphatic carbocycles. The molecule has 0 saturated heterocycles. The first kappa shape index (κ1) is 15.8. The number of aryl methyl sites for hydroxylation is 1. The number of hydrogen-bond acceptors (Lipinski definition) is 5. The molecule has 0 saturated carbocycles. The van der Waals surface area contributed by atoms with E-state index in [1.54, 1.807) is 43.3 Å². The molecule has 1 N–H and O–H groups in total. The van der Waals surface area contributed by atoms with Crippen molar-refractivity contribution in [1.29, 1.82) is 0 Å². The lowest BCUT2D eigenvalue weighted by atomic mass is 10.2. The maximum atomic E-state index is 12.4. The molecule has 0 bridgehead atoms. The second-order valence-corrected chi connectivity index (χ2v) is 5.27. The van der Waals surface area contributed by atoms with Gasteiger partial charge in [0, 0.05) is 24.4 Å². The lowest BCUT2D eigenvalue weighted by molar-refractivity contribution is 0.0939. The van der Waals surface area contributed by atoms with Crippen LogP contribution in [0.15, 0.2) is 36.8 Å². The van der Waals surface area contributed by atoms with Gasteiger partial charge < -0.3 is 14.8 Å². The topological polar surface area (TPSA) is 77.8 Å². The average molecular weight is 326 g/mol. The third-order valence-corrected chi connectivity index (χ3v) is 3.68. The van der Waals surface area contributed by atoms with Crippen LogP contribution in [0, 0.1) is 6.92 Å². The lowest BCUT2D eigenvalue weighted by Gasteiger charge is -2.11. The number of imidazole rings is 1. The van der Waals surface area contributed by atoms with Crippen LogP contribution in [0.2, 0.25) is 0 Å². The number of aromatic nitrogens is 3. The highest BCUT2D eigenvalue weighted by Gasteiger charge is 2.14. The smallest absolute Gasteiger partial charge is 0.287 e. The van der Waals surface area contributed by atoms with Crippen molar-refractivity contribution in [2.45, 2.75) is 13.5 Å². The van der Waals surface area contributed by atoms with Crippen molar-refractivity contribution >= 4 is 11.4 Å². The van der Waals surface area contributed by atoms with Gasteiger partial charge in [-0.1, -0.05) is 0 Å². The van der Waals surface area contributed by atoms with Crippen LogP contribution in [0.5, 0.6) is 11.5 Å². The molecule has 2 aromatic heterocycles. The zero-order valence-corrected chi connectivity index (χ0v) is 13.7. The van der Waals surface area contributed by atoms with E-state index in [-0.39, 0.29) is 5.91 Å². The minimum Gasteiger partial charge on any atom is -0.497 e. The molecule has 0 spiro atoms. The van der Waals surface area contributed by atoms with E-state index >= 15 is 0 Å². The monoisotopic (exact) mass is 326 g/mol. The van der Waals surface area contributed by atoms with Gasteiger partial charge in [0.15, 0.2) is 0 Å². The quantitative estimate of drug-likeness (QED) is 0.776. The summed E-state index contributed by atoms with van der Waals surface area (Å²) >= 11 is 0. The van der Waals surface area contributed by atoms with Crippen LogP contribution in [-0.4, -0.2) is 34.5 Å². The van der Waals surface area contributed by atoms with Crippen LogP contribution in [0.25, 0.3) is 5.52 Å². The highest BCUT2D eigenvalue weighted by molar-refractivity contribution is 5.91. The number of carbonyl (C=O) groups is 1. The minimum atomic E-state index is -0.265. The number of benzene rings is 1. The molecule has 0 aliphatic heterocycles. The zero-order chi connectivity index (χ0) is 17.1. The number of rotatable bonds is 5. The van der Waals surface area contributed by atoms with E-state index in [4.69, 9.17) is 9.47 Å². The fraction of sp³-hybridized carbons (Fsp3) is 0.235. The summed E-state index contributed by atoms with van der Waals surface area (Å²) in [5.74, 6) is 1.41. The van der Waals surface area contributed by atoms with Crippen LogP contribution in [0.1, 0.15) is 21.9 Å². The van der Waals surface area contributed by atoms with E-state index in [9.17, 15) is 4.79 Å². The normalized spacial score (nSPS) is 10.6. The molecule has 0 aliphatic rings. The van der Waals surface area contributed by atoms with Crippen molar-refractivity contribution in [3.63, 3.8) is 0 Å². The molecular weight excluding hydrogens is 308 g/mol. The Morgan fingerprint density at radius 2 is 2.00 bits per heavy atom. The summed E-state index contributed by atoms with van der Waals surface area (Å²) in [6, 6.07) is 5.46. The van der Waals surface area contributed by atoms with Crippen molar-refractivity contribution < 1.29 is 14.3 Å². The van der Waals surface area contributed by atoms with Crippen LogP contribution in [0.3, 0.4) is 0 Å². The highest BCUT2D eigenvalue weighted by Crippen LogP contribution is 2.24. The number of hydrogen-bond donors (Lipinski definition) is 1. The summed E-state index contributed by atoms with van der Waals surface area (Å²) in [5.41, 5.74) is 2.43. The van der Waals surface area contributed by atoms with E-state index in [0.29, 0.717) is 23.9 Å². The maximum absolute atomic E-state index is 12.4. The summed E-state index contributed by atoms with van der Waals surface area (Å²) in [6.07, 6.45) is 5.09. The molecule has 7 heteroatoms. The van der Waals surface area contributed by atoms with Gasteiger partial charge in [0.25, 0.3) is 5.91 Å². The van der Waals surface area contributed by atoms with Crippen molar-refractivity contribution in [1.82, 2.24) is 19.7 Å². The molecule has 3 aromatic rings. The fourth-order valence-corrected chi connectivity index (χ4v) is 2.41. The first-order valence-corrected chi connectivity index (χ1v) is 7.41. The molecule has 7 nitrogen and oxygen atoms in total. The van der Waals surface area contributed by atoms with Crippen LogP contribution >= 0.6 is 0 Å². The summed E-state index contributed by atoms with van der Waals surface area (Å²) < 4.78 is 12.2. The number of amides is 1. The third-order valence-electron chi connectivity index (χ3n) is 3.68. The Bertz CT molecular complexity index is 889. The number of ether oxygens (including phenoxy) is 2. The SMILES string of the molecule is COc1ccc(CNC(=O)c2ncc3cnc(C)cn23)c(OC)c1.